The Morgan fingerprint density at radius 2 is 1.52 bits per heavy atom. The Labute approximate surface area is 158 Å². The van der Waals surface area contributed by atoms with Gasteiger partial charge in [-0.25, -0.2) is 9.59 Å². The fraction of sp³-hybridized carbons (Fsp3) is 0.333. The molecule has 0 radical (unpaired) electrons. The van der Waals surface area contributed by atoms with Crippen LogP contribution >= 0.6 is 11.6 Å². The zero-order chi connectivity index (χ0) is 20.5. The molecule has 0 aromatic heterocycles. The first kappa shape index (κ1) is 20.8. The van der Waals surface area contributed by atoms with Crippen molar-refractivity contribution in [3.8, 4) is 0 Å². The summed E-state index contributed by atoms with van der Waals surface area (Å²) in [6.45, 7) is 2.91. The van der Waals surface area contributed by atoms with E-state index in [1.807, 2.05) is 0 Å². The number of hydrogen-bond donors (Lipinski definition) is 0. The van der Waals surface area contributed by atoms with E-state index in [0.717, 1.165) is 26.4 Å². The first-order chi connectivity index (χ1) is 12.5. The first-order valence-electron chi connectivity index (χ1n) is 7.65. The number of ether oxygens (including phenoxy) is 3. The number of carbonyl (C=O) groups excluding carboxylic acids is 2. The number of allylic oxidation sites excluding steroid dienone is 2. The van der Waals surface area contributed by atoms with Gasteiger partial charge in [-0.05, 0) is 31.5 Å². The van der Waals surface area contributed by atoms with Gasteiger partial charge >= 0.3 is 18.1 Å². The second kappa shape index (κ2) is 7.64. The molecule has 27 heavy (non-hydrogen) atoms. The van der Waals surface area contributed by atoms with Crippen LogP contribution in [0.25, 0.3) is 0 Å². The maximum atomic E-state index is 13.3. The van der Waals surface area contributed by atoms with E-state index in [1.165, 1.54) is 19.9 Å². The van der Waals surface area contributed by atoms with E-state index < -0.39 is 34.6 Å². The van der Waals surface area contributed by atoms with Crippen LogP contribution in [0.4, 0.5) is 13.2 Å². The zero-order valence-electron chi connectivity index (χ0n) is 14.9. The van der Waals surface area contributed by atoms with Gasteiger partial charge in [0.2, 0.25) is 0 Å². The fourth-order valence-corrected chi connectivity index (χ4v) is 3.13. The summed E-state index contributed by atoms with van der Waals surface area (Å²) < 4.78 is 54.7. The predicted molar refractivity (Wildman–Crippen MR) is 89.7 cm³/mol. The van der Waals surface area contributed by atoms with Crippen LogP contribution in [0.15, 0.2) is 40.9 Å². The molecule has 146 valence electrons. The van der Waals surface area contributed by atoms with Gasteiger partial charge in [0, 0.05) is 0 Å². The lowest BCUT2D eigenvalue weighted by atomic mass is 9.81. The SMILES string of the molecule is COC(=O)C1=C(C)OC(C)=C(C(=O)OC)C1c1ccc(Cl)c(C(F)(F)F)c1. The molecule has 0 aliphatic carbocycles. The standard InChI is InChI=1S/C18H16ClF3O5/c1-8-13(16(23)25-3)15(14(9(2)27-8)17(24)26-4)10-5-6-12(19)11(7-10)18(20,21)22/h5-7,15H,1-4H3. The summed E-state index contributed by atoms with van der Waals surface area (Å²) in [4.78, 5) is 24.6. The summed E-state index contributed by atoms with van der Waals surface area (Å²) in [7, 11) is 2.23. The summed E-state index contributed by atoms with van der Waals surface area (Å²) >= 11 is 5.68. The molecular formula is C18H16ClF3O5. The number of halogens is 4. The van der Waals surface area contributed by atoms with Crippen molar-refractivity contribution in [1.29, 1.82) is 0 Å². The number of benzene rings is 1. The second-order valence-corrected chi connectivity index (χ2v) is 6.10. The van der Waals surface area contributed by atoms with Crippen LogP contribution in [0, 0.1) is 0 Å². The van der Waals surface area contributed by atoms with E-state index in [4.69, 9.17) is 25.8 Å². The van der Waals surface area contributed by atoms with Crippen LogP contribution in [-0.2, 0) is 30.0 Å². The maximum Gasteiger partial charge on any atom is 0.417 e. The second-order valence-electron chi connectivity index (χ2n) is 5.70. The average Bonchev–Trinajstić information content (AvgIpc) is 2.59. The number of alkyl halides is 3. The molecule has 1 heterocycles. The molecule has 0 N–H and O–H groups in total. The lowest BCUT2D eigenvalue weighted by Gasteiger charge is -2.29. The van der Waals surface area contributed by atoms with E-state index >= 15 is 0 Å². The Balaban J connectivity index is 2.78. The normalized spacial score (nSPS) is 15.6. The molecule has 0 unspecified atom stereocenters. The molecular weight excluding hydrogens is 389 g/mol. The molecule has 1 aromatic carbocycles. The lowest BCUT2D eigenvalue weighted by Crippen LogP contribution is -2.27. The summed E-state index contributed by atoms with van der Waals surface area (Å²) in [5, 5.41) is -0.501. The van der Waals surface area contributed by atoms with E-state index in [2.05, 4.69) is 0 Å². The maximum absolute atomic E-state index is 13.3. The minimum absolute atomic E-state index is 0.0227. The van der Waals surface area contributed by atoms with Crippen LogP contribution in [-0.4, -0.2) is 26.2 Å². The molecule has 5 nitrogen and oxygen atoms in total. The number of methoxy groups -OCH3 is 2. The third kappa shape index (κ3) is 3.95. The molecule has 2 rings (SSSR count). The number of esters is 2. The Hall–Kier alpha value is -2.48. The Kier molecular flexibility index (Phi) is 5.89. The predicted octanol–water partition coefficient (Wildman–Crippen LogP) is 4.37. The third-order valence-electron chi connectivity index (χ3n) is 4.08. The van der Waals surface area contributed by atoms with Crippen LogP contribution in [0.1, 0.15) is 30.9 Å². The van der Waals surface area contributed by atoms with Crippen molar-refractivity contribution in [2.24, 2.45) is 0 Å². The van der Waals surface area contributed by atoms with Crippen molar-refractivity contribution < 1.29 is 37.0 Å². The van der Waals surface area contributed by atoms with Gasteiger partial charge in [-0.3, -0.25) is 0 Å². The van der Waals surface area contributed by atoms with E-state index in [-0.39, 0.29) is 28.2 Å². The Morgan fingerprint density at radius 3 is 1.93 bits per heavy atom. The minimum atomic E-state index is -4.72. The van der Waals surface area contributed by atoms with Crippen LogP contribution in [0.2, 0.25) is 5.02 Å². The number of rotatable bonds is 3. The van der Waals surface area contributed by atoms with E-state index in [0.29, 0.717) is 0 Å². The quantitative estimate of drug-likeness (QED) is 0.700. The van der Waals surface area contributed by atoms with Gasteiger partial charge < -0.3 is 14.2 Å². The highest BCUT2D eigenvalue weighted by atomic mass is 35.5. The molecule has 0 bridgehead atoms. The first-order valence-corrected chi connectivity index (χ1v) is 8.03. The summed E-state index contributed by atoms with van der Waals surface area (Å²) in [6, 6.07) is 3.16. The molecule has 9 heteroatoms. The summed E-state index contributed by atoms with van der Waals surface area (Å²) in [5.41, 5.74) is -1.26. The van der Waals surface area contributed by atoms with Crippen molar-refractivity contribution in [3.63, 3.8) is 0 Å². The molecule has 0 amide bonds. The minimum Gasteiger partial charge on any atom is -0.466 e. The number of hydrogen-bond acceptors (Lipinski definition) is 5. The van der Waals surface area contributed by atoms with Crippen molar-refractivity contribution in [2.75, 3.05) is 14.2 Å². The van der Waals surface area contributed by atoms with Crippen LogP contribution in [0.5, 0.6) is 0 Å². The molecule has 1 aromatic rings. The molecule has 0 saturated carbocycles. The Morgan fingerprint density at radius 1 is 1.04 bits per heavy atom. The van der Waals surface area contributed by atoms with Gasteiger partial charge in [-0.2, -0.15) is 13.2 Å². The Bertz CT molecular complexity index is 817. The van der Waals surface area contributed by atoms with Gasteiger partial charge in [0.25, 0.3) is 0 Å². The highest BCUT2D eigenvalue weighted by molar-refractivity contribution is 6.31. The van der Waals surface area contributed by atoms with Gasteiger partial charge in [0.1, 0.15) is 11.5 Å². The van der Waals surface area contributed by atoms with Crippen molar-refractivity contribution in [3.05, 3.63) is 57.0 Å². The topological polar surface area (TPSA) is 61.8 Å². The van der Waals surface area contributed by atoms with Crippen LogP contribution in [0.3, 0.4) is 0 Å². The molecule has 0 saturated heterocycles. The smallest absolute Gasteiger partial charge is 0.417 e. The van der Waals surface area contributed by atoms with Crippen molar-refractivity contribution in [1.82, 2.24) is 0 Å². The van der Waals surface area contributed by atoms with Crippen molar-refractivity contribution >= 4 is 23.5 Å². The largest absolute Gasteiger partial charge is 0.466 e. The average molecular weight is 405 g/mol. The molecule has 1 aliphatic rings. The molecule has 0 atom stereocenters. The van der Waals surface area contributed by atoms with E-state index in [9.17, 15) is 22.8 Å². The van der Waals surface area contributed by atoms with Crippen molar-refractivity contribution in [2.45, 2.75) is 25.9 Å². The highest BCUT2D eigenvalue weighted by Crippen LogP contribution is 2.44. The molecule has 0 fully saturated rings. The summed E-state index contributed by atoms with van der Waals surface area (Å²) in [5.74, 6) is -2.62. The molecule has 0 spiro atoms. The molecule has 1 aliphatic heterocycles. The van der Waals surface area contributed by atoms with Gasteiger partial charge in [0.05, 0.1) is 41.9 Å². The lowest BCUT2D eigenvalue weighted by molar-refractivity contribution is -0.138. The van der Waals surface area contributed by atoms with Crippen LogP contribution < -0.4 is 0 Å². The van der Waals surface area contributed by atoms with Gasteiger partial charge in [-0.15, -0.1) is 0 Å². The van der Waals surface area contributed by atoms with E-state index in [1.54, 1.807) is 0 Å². The zero-order valence-corrected chi connectivity index (χ0v) is 15.6. The fourth-order valence-electron chi connectivity index (χ4n) is 2.91. The monoisotopic (exact) mass is 404 g/mol. The number of carbonyl (C=O) groups is 2. The third-order valence-corrected chi connectivity index (χ3v) is 4.41. The van der Waals surface area contributed by atoms with Gasteiger partial charge in [0.15, 0.2) is 0 Å². The van der Waals surface area contributed by atoms with Gasteiger partial charge in [-0.1, -0.05) is 17.7 Å². The highest BCUT2D eigenvalue weighted by Gasteiger charge is 2.41. The summed E-state index contributed by atoms with van der Waals surface area (Å²) in [6.07, 6.45) is -4.72.